The van der Waals surface area contributed by atoms with Crippen LogP contribution in [0.3, 0.4) is 0 Å². The first-order valence-electron chi connectivity index (χ1n) is 3.54. The van der Waals surface area contributed by atoms with Crippen LogP contribution in [-0.2, 0) is 6.18 Å². The van der Waals surface area contributed by atoms with Crippen molar-refractivity contribution < 1.29 is 26.3 Å². The van der Waals surface area contributed by atoms with Crippen LogP contribution < -0.4 is 5.73 Å². The Morgan fingerprint density at radius 1 is 1.27 bits per heavy atom. The monoisotopic (exact) mass is 230 g/mol. The van der Waals surface area contributed by atoms with E-state index in [4.69, 9.17) is 5.73 Å². The number of pyridine rings is 1. The summed E-state index contributed by atoms with van der Waals surface area (Å²) >= 11 is 0. The number of aromatic nitrogens is 1. The number of hydrogen-bond donors (Lipinski definition) is 1. The number of nitrogens with zero attached hydrogens (tertiary/aromatic N) is 1. The SMILES string of the molecule is Nc1cc(F)nc(C(F)(F)F)c1C(F)F. The maximum Gasteiger partial charge on any atom is 0.434 e. The highest BCUT2D eigenvalue weighted by molar-refractivity contribution is 5.50. The fourth-order valence-electron chi connectivity index (χ4n) is 0.988. The minimum Gasteiger partial charge on any atom is -0.398 e. The molecule has 0 aliphatic rings. The Morgan fingerprint density at radius 2 is 1.80 bits per heavy atom. The summed E-state index contributed by atoms with van der Waals surface area (Å²) in [5.74, 6) is -1.55. The molecule has 2 nitrogen and oxygen atoms in total. The highest BCUT2D eigenvalue weighted by Gasteiger charge is 2.39. The van der Waals surface area contributed by atoms with Crippen LogP contribution in [0, 0.1) is 5.95 Å². The first kappa shape index (κ1) is 11.6. The van der Waals surface area contributed by atoms with Gasteiger partial charge in [-0.2, -0.15) is 17.6 Å². The van der Waals surface area contributed by atoms with Crippen molar-refractivity contribution in [1.29, 1.82) is 0 Å². The van der Waals surface area contributed by atoms with Gasteiger partial charge in [0.2, 0.25) is 5.95 Å². The second kappa shape index (κ2) is 3.59. The van der Waals surface area contributed by atoms with E-state index >= 15 is 0 Å². The molecule has 0 aromatic carbocycles. The van der Waals surface area contributed by atoms with Crippen molar-refractivity contribution in [2.75, 3.05) is 5.73 Å². The zero-order chi connectivity index (χ0) is 11.8. The smallest absolute Gasteiger partial charge is 0.398 e. The van der Waals surface area contributed by atoms with Crippen LogP contribution in [-0.4, -0.2) is 4.98 Å². The van der Waals surface area contributed by atoms with Gasteiger partial charge in [0.05, 0.1) is 5.56 Å². The van der Waals surface area contributed by atoms with Gasteiger partial charge in [0.25, 0.3) is 6.43 Å². The lowest BCUT2D eigenvalue weighted by Crippen LogP contribution is -2.15. The number of halogens is 6. The molecule has 1 aromatic heterocycles. The normalized spacial score (nSPS) is 12.2. The average Bonchev–Trinajstić information content (AvgIpc) is 1.99. The van der Waals surface area contributed by atoms with Gasteiger partial charge < -0.3 is 5.73 Å². The minimum absolute atomic E-state index is 0.316. The van der Waals surface area contributed by atoms with E-state index in [1.165, 1.54) is 0 Å². The van der Waals surface area contributed by atoms with E-state index in [0.717, 1.165) is 0 Å². The molecule has 1 rings (SSSR count). The number of rotatable bonds is 1. The predicted octanol–water partition coefficient (Wildman–Crippen LogP) is 2.76. The Labute approximate surface area is 79.7 Å². The van der Waals surface area contributed by atoms with Gasteiger partial charge in [0.15, 0.2) is 5.69 Å². The molecule has 0 spiro atoms. The van der Waals surface area contributed by atoms with Crippen molar-refractivity contribution >= 4 is 5.69 Å². The third-order valence-corrected chi connectivity index (χ3v) is 1.55. The van der Waals surface area contributed by atoms with Crippen LogP contribution in [0.25, 0.3) is 0 Å². The molecule has 15 heavy (non-hydrogen) atoms. The number of alkyl halides is 5. The summed E-state index contributed by atoms with van der Waals surface area (Å²) in [5, 5.41) is 0. The zero-order valence-corrected chi connectivity index (χ0v) is 6.95. The molecular weight excluding hydrogens is 226 g/mol. The van der Waals surface area contributed by atoms with Gasteiger partial charge >= 0.3 is 6.18 Å². The molecule has 0 saturated heterocycles. The van der Waals surface area contributed by atoms with Crippen molar-refractivity contribution in [2.24, 2.45) is 0 Å². The molecule has 0 amide bonds. The van der Waals surface area contributed by atoms with Gasteiger partial charge in [0, 0.05) is 11.8 Å². The largest absolute Gasteiger partial charge is 0.434 e. The summed E-state index contributed by atoms with van der Waals surface area (Å²) < 4.78 is 73.3. The summed E-state index contributed by atoms with van der Waals surface area (Å²) in [6.45, 7) is 0. The lowest BCUT2D eigenvalue weighted by Gasteiger charge is -2.13. The van der Waals surface area contributed by atoms with E-state index in [9.17, 15) is 26.3 Å². The summed E-state index contributed by atoms with van der Waals surface area (Å²) in [7, 11) is 0. The molecule has 0 atom stereocenters. The summed E-state index contributed by atoms with van der Waals surface area (Å²) in [4.78, 5) is 2.37. The minimum atomic E-state index is -5.16. The van der Waals surface area contributed by atoms with Gasteiger partial charge in [-0.3, -0.25) is 0 Å². The van der Waals surface area contributed by atoms with E-state index in [-0.39, 0.29) is 0 Å². The van der Waals surface area contributed by atoms with Gasteiger partial charge in [-0.25, -0.2) is 13.8 Å². The lowest BCUT2D eigenvalue weighted by molar-refractivity contribution is -0.143. The molecule has 8 heteroatoms. The van der Waals surface area contributed by atoms with Crippen molar-refractivity contribution in [3.8, 4) is 0 Å². The topological polar surface area (TPSA) is 38.9 Å². The Kier molecular flexibility index (Phi) is 2.78. The van der Waals surface area contributed by atoms with E-state index in [1.54, 1.807) is 0 Å². The van der Waals surface area contributed by atoms with Crippen molar-refractivity contribution in [3.63, 3.8) is 0 Å². The standard InChI is InChI=1S/C7H4F6N2/c8-3-1-2(14)4(6(9)10)5(15-3)7(11,12)13/h1,6H,(H2,14,15). The van der Waals surface area contributed by atoms with E-state index in [0.29, 0.717) is 6.07 Å². The maximum absolute atomic E-state index is 12.5. The Balaban J connectivity index is 3.47. The maximum atomic E-state index is 12.5. The van der Waals surface area contributed by atoms with Crippen LogP contribution in [0.4, 0.5) is 32.0 Å². The predicted molar refractivity (Wildman–Crippen MR) is 38.6 cm³/mol. The first-order chi connectivity index (χ1) is 6.73. The van der Waals surface area contributed by atoms with Crippen molar-refractivity contribution in [1.82, 2.24) is 4.98 Å². The highest BCUT2D eigenvalue weighted by Crippen LogP contribution is 2.37. The number of nitrogens with two attached hydrogens (primary N) is 1. The van der Waals surface area contributed by atoms with Crippen LogP contribution in [0.1, 0.15) is 17.7 Å². The molecule has 0 aliphatic carbocycles. The van der Waals surface area contributed by atoms with Gasteiger partial charge in [-0.05, 0) is 0 Å². The highest BCUT2D eigenvalue weighted by atomic mass is 19.4. The molecule has 0 radical (unpaired) electrons. The van der Waals surface area contributed by atoms with E-state index < -0.39 is 35.5 Å². The molecule has 0 fully saturated rings. The van der Waals surface area contributed by atoms with Crippen molar-refractivity contribution in [2.45, 2.75) is 12.6 Å². The zero-order valence-electron chi connectivity index (χ0n) is 6.95. The van der Waals surface area contributed by atoms with Crippen LogP contribution in [0.15, 0.2) is 6.07 Å². The first-order valence-corrected chi connectivity index (χ1v) is 3.54. The second-order valence-corrected chi connectivity index (χ2v) is 2.59. The van der Waals surface area contributed by atoms with Gasteiger partial charge in [0.1, 0.15) is 0 Å². The molecule has 0 unspecified atom stereocenters. The molecule has 0 saturated carbocycles. The summed E-state index contributed by atoms with van der Waals surface area (Å²) in [5.41, 5.74) is 0.405. The fraction of sp³-hybridized carbons (Fsp3) is 0.286. The van der Waals surface area contributed by atoms with E-state index in [2.05, 4.69) is 4.98 Å². The quantitative estimate of drug-likeness (QED) is 0.595. The van der Waals surface area contributed by atoms with Crippen molar-refractivity contribution in [3.05, 3.63) is 23.3 Å². The van der Waals surface area contributed by atoms with Crippen LogP contribution in [0.5, 0.6) is 0 Å². The van der Waals surface area contributed by atoms with Crippen LogP contribution >= 0.6 is 0 Å². The molecule has 2 N–H and O–H groups in total. The average molecular weight is 230 g/mol. The summed E-state index contributed by atoms with van der Waals surface area (Å²) in [6, 6.07) is 0.316. The molecule has 1 aromatic rings. The Hall–Kier alpha value is -1.47. The molecule has 84 valence electrons. The molecule has 1 heterocycles. The number of nitrogen functional groups attached to an aromatic ring is 1. The van der Waals surface area contributed by atoms with Gasteiger partial charge in [-0.15, -0.1) is 0 Å². The fourth-order valence-corrected chi connectivity index (χ4v) is 0.988. The Bertz CT molecular complexity index is 372. The van der Waals surface area contributed by atoms with Crippen LogP contribution in [0.2, 0.25) is 0 Å². The van der Waals surface area contributed by atoms with Gasteiger partial charge in [-0.1, -0.05) is 0 Å². The molecule has 0 aliphatic heterocycles. The third kappa shape index (κ3) is 2.31. The third-order valence-electron chi connectivity index (χ3n) is 1.55. The molecular formula is C7H4F6N2. The van der Waals surface area contributed by atoms with E-state index in [1.807, 2.05) is 0 Å². The lowest BCUT2D eigenvalue weighted by atomic mass is 10.1. The number of anilines is 1. The summed E-state index contributed by atoms with van der Waals surface area (Å²) in [6.07, 6.45) is -8.63. The Morgan fingerprint density at radius 3 is 2.20 bits per heavy atom. The number of hydrogen-bond acceptors (Lipinski definition) is 2. The second-order valence-electron chi connectivity index (χ2n) is 2.59. The molecule has 0 bridgehead atoms.